The number of rotatable bonds is 7. The average molecular weight is 277 g/mol. The van der Waals surface area contributed by atoms with Crippen molar-refractivity contribution in [3.8, 4) is 0 Å². The summed E-state index contributed by atoms with van der Waals surface area (Å²) < 4.78 is 0. The summed E-state index contributed by atoms with van der Waals surface area (Å²) in [6, 6.07) is 8.26. The fraction of sp³-hybridized carbons (Fsp3) is 0.500. The molecule has 0 fully saturated rings. The van der Waals surface area contributed by atoms with Gasteiger partial charge in [-0.3, -0.25) is 9.59 Å². The van der Waals surface area contributed by atoms with Gasteiger partial charge in [-0.2, -0.15) is 0 Å². The van der Waals surface area contributed by atoms with E-state index in [1.165, 1.54) is 11.1 Å². The van der Waals surface area contributed by atoms with Crippen LogP contribution in [0.25, 0.3) is 0 Å². The Balaban J connectivity index is 2.27. The molecule has 0 radical (unpaired) electrons. The number of aliphatic carboxylic acids is 1. The molecule has 1 aromatic carbocycles. The molecule has 0 spiro atoms. The summed E-state index contributed by atoms with van der Waals surface area (Å²) in [4.78, 5) is 22.6. The van der Waals surface area contributed by atoms with Gasteiger partial charge in [0, 0.05) is 13.0 Å². The first-order valence-corrected chi connectivity index (χ1v) is 6.87. The molecule has 0 aliphatic rings. The van der Waals surface area contributed by atoms with Crippen molar-refractivity contribution >= 4 is 11.9 Å². The highest BCUT2D eigenvalue weighted by Gasteiger charge is 2.27. The molecule has 0 heterocycles. The lowest BCUT2D eigenvalue weighted by Crippen LogP contribution is -2.38. The summed E-state index contributed by atoms with van der Waals surface area (Å²) in [6.45, 7) is 5.40. The van der Waals surface area contributed by atoms with Crippen LogP contribution < -0.4 is 5.32 Å². The third-order valence-corrected chi connectivity index (χ3v) is 3.30. The van der Waals surface area contributed by atoms with Crippen molar-refractivity contribution in [3.63, 3.8) is 0 Å². The van der Waals surface area contributed by atoms with Crippen LogP contribution in [0.1, 0.15) is 37.8 Å². The monoisotopic (exact) mass is 277 g/mol. The van der Waals surface area contributed by atoms with Gasteiger partial charge in [-0.15, -0.1) is 0 Å². The van der Waals surface area contributed by atoms with Crippen LogP contribution in [0.4, 0.5) is 0 Å². The van der Waals surface area contributed by atoms with Crippen molar-refractivity contribution in [1.29, 1.82) is 0 Å². The van der Waals surface area contributed by atoms with Crippen LogP contribution in [-0.4, -0.2) is 23.5 Å². The van der Waals surface area contributed by atoms with Gasteiger partial charge in [0.05, 0.1) is 5.41 Å². The number of amides is 1. The van der Waals surface area contributed by atoms with Crippen molar-refractivity contribution in [2.24, 2.45) is 5.41 Å². The average Bonchev–Trinajstić information content (AvgIpc) is 2.39. The van der Waals surface area contributed by atoms with E-state index < -0.39 is 11.4 Å². The van der Waals surface area contributed by atoms with E-state index in [0.717, 1.165) is 12.8 Å². The minimum absolute atomic E-state index is 0.0913. The van der Waals surface area contributed by atoms with Gasteiger partial charge in [0.1, 0.15) is 0 Å². The van der Waals surface area contributed by atoms with Crippen LogP contribution in [0, 0.1) is 12.3 Å². The molecule has 110 valence electrons. The van der Waals surface area contributed by atoms with Gasteiger partial charge < -0.3 is 10.4 Å². The number of hydrogen-bond acceptors (Lipinski definition) is 2. The van der Waals surface area contributed by atoms with Crippen LogP contribution in [0.5, 0.6) is 0 Å². The fourth-order valence-electron chi connectivity index (χ4n) is 1.69. The van der Waals surface area contributed by atoms with E-state index in [9.17, 15) is 9.59 Å². The highest BCUT2D eigenvalue weighted by Crippen LogP contribution is 2.13. The second-order valence-electron chi connectivity index (χ2n) is 5.80. The van der Waals surface area contributed by atoms with E-state index >= 15 is 0 Å². The Morgan fingerprint density at radius 3 is 2.35 bits per heavy atom. The number of carbonyl (C=O) groups is 2. The third kappa shape index (κ3) is 5.43. The topological polar surface area (TPSA) is 66.4 Å². The summed E-state index contributed by atoms with van der Waals surface area (Å²) in [7, 11) is 0. The number of aryl methyl sites for hydroxylation is 2. The highest BCUT2D eigenvalue weighted by atomic mass is 16.4. The molecule has 1 aromatic rings. The molecule has 0 aliphatic carbocycles. The molecule has 1 rings (SSSR count). The van der Waals surface area contributed by atoms with Gasteiger partial charge in [0.15, 0.2) is 0 Å². The molecular formula is C16H23NO3. The summed E-state index contributed by atoms with van der Waals surface area (Å²) in [5.74, 6) is -0.996. The van der Waals surface area contributed by atoms with E-state index in [4.69, 9.17) is 5.11 Å². The number of benzene rings is 1. The molecule has 0 atom stereocenters. The number of carboxylic acids is 1. The van der Waals surface area contributed by atoms with Crippen molar-refractivity contribution < 1.29 is 14.7 Å². The second kappa shape index (κ2) is 7.08. The predicted octanol–water partition coefficient (Wildman–Crippen LogP) is 2.54. The van der Waals surface area contributed by atoms with E-state index in [1.807, 2.05) is 6.92 Å². The smallest absolute Gasteiger partial charge is 0.310 e. The Bertz CT molecular complexity index is 463. The van der Waals surface area contributed by atoms with E-state index in [2.05, 4.69) is 29.6 Å². The number of hydrogen-bond donors (Lipinski definition) is 2. The zero-order valence-corrected chi connectivity index (χ0v) is 12.4. The largest absolute Gasteiger partial charge is 0.481 e. The molecule has 0 aliphatic heterocycles. The zero-order chi connectivity index (χ0) is 15.2. The molecule has 0 saturated heterocycles. The molecule has 0 bridgehead atoms. The summed E-state index contributed by atoms with van der Waals surface area (Å²) in [5.41, 5.74) is 1.52. The SMILES string of the molecule is Cc1ccc(CCCC(=O)NCC(C)(C)C(=O)O)cc1. The first-order chi connectivity index (χ1) is 9.31. The number of carboxylic acid groups (broad SMARTS) is 1. The lowest BCUT2D eigenvalue weighted by atomic mass is 9.94. The van der Waals surface area contributed by atoms with Crippen LogP contribution in [-0.2, 0) is 16.0 Å². The van der Waals surface area contributed by atoms with Crippen molar-refractivity contribution in [3.05, 3.63) is 35.4 Å². The van der Waals surface area contributed by atoms with Gasteiger partial charge in [0.25, 0.3) is 0 Å². The molecular weight excluding hydrogens is 254 g/mol. The molecule has 4 heteroatoms. The Kier molecular flexibility index (Phi) is 5.74. The van der Waals surface area contributed by atoms with Crippen molar-refractivity contribution in [2.45, 2.75) is 40.0 Å². The molecule has 2 N–H and O–H groups in total. The lowest BCUT2D eigenvalue weighted by molar-refractivity contribution is -0.146. The number of carbonyl (C=O) groups excluding carboxylic acids is 1. The van der Waals surface area contributed by atoms with E-state index in [1.54, 1.807) is 13.8 Å². The van der Waals surface area contributed by atoms with Gasteiger partial charge >= 0.3 is 5.97 Å². The first-order valence-electron chi connectivity index (χ1n) is 6.87. The maximum absolute atomic E-state index is 11.7. The van der Waals surface area contributed by atoms with E-state index in [0.29, 0.717) is 6.42 Å². The van der Waals surface area contributed by atoms with Crippen LogP contribution >= 0.6 is 0 Å². The van der Waals surface area contributed by atoms with Gasteiger partial charge in [0.2, 0.25) is 5.91 Å². The van der Waals surface area contributed by atoms with Crippen LogP contribution in [0.15, 0.2) is 24.3 Å². The third-order valence-electron chi connectivity index (χ3n) is 3.30. The van der Waals surface area contributed by atoms with Gasteiger partial charge in [-0.25, -0.2) is 0 Å². The fourth-order valence-corrected chi connectivity index (χ4v) is 1.69. The predicted molar refractivity (Wildman–Crippen MR) is 78.5 cm³/mol. The van der Waals surface area contributed by atoms with Crippen molar-refractivity contribution in [2.75, 3.05) is 6.54 Å². The summed E-state index contributed by atoms with van der Waals surface area (Å²) >= 11 is 0. The molecule has 0 unspecified atom stereocenters. The minimum atomic E-state index is -0.924. The quantitative estimate of drug-likeness (QED) is 0.805. The van der Waals surface area contributed by atoms with Crippen LogP contribution in [0.3, 0.4) is 0 Å². The Hall–Kier alpha value is -1.84. The molecule has 0 saturated carbocycles. The molecule has 20 heavy (non-hydrogen) atoms. The first kappa shape index (κ1) is 16.2. The minimum Gasteiger partial charge on any atom is -0.481 e. The molecule has 0 aromatic heterocycles. The highest BCUT2D eigenvalue weighted by molar-refractivity contribution is 5.78. The Morgan fingerprint density at radius 1 is 1.20 bits per heavy atom. The molecule has 1 amide bonds. The summed E-state index contributed by atoms with van der Waals surface area (Å²) in [6.07, 6.45) is 2.04. The van der Waals surface area contributed by atoms with Crippen LogP contribution in [0.2, 0.25) is 0 Å². The lowest BCUT2D eigenvalue weighted by Gasteiger charge is -2.19. The Labute approximate surface area is 120 Å². The maximum Gasteiger partial charge on any atom is 0.310 e. The second-order valence-corrected chi connectivity index (χ2v) is 5.80. The maximum atomic E-state index is 11.7. The van der Waals surface area contributed by atoms with Crippen molar-refractivity contribution in [1.82, 2.24) is 5.32 Å². The van der Waals surface area contributed by atoms with Gasteiger partial charge in [-0.1, -0.05) is 29.8 Å². The number of nitrogens with one attached hydrogen (secondary N) is 1. The Morgan fingerprint density at radius 2 is 1.80 bits per heavy atom. The zero-order valence-electron chi connectivity index (χ0n) is 12.4. The summed E-state index contributed by atoms with van der Waals surface area (Å²) in [5, 5.41) is 11.6. The van der Waals surface area contributed by atoms with E-state index in [-0.39, 0.29) is 12.5 Å². The normalized spacial score (nSPS) is 11.2. The van der Waals surface area contributed by atoms with Gasteiger partial charge in [-0.05, 0) is 39.2 Å². The molecule has 4 nitrogen and oxygen atoms in total. The standard InChI is InChI=1S/C16H23NO3/c1-12-7-9-13(10-8-12)5-4-6-14(18)17-11-16(2,3)15(19)20/h7-10H,4-6,11H2,1-3H3,(H,17,18)(H,19,20).